The van der Waals surface area contributed by atoms with Crippen molar-refractivity contribution in [1.82, 2.24) is 10.2 Å². The van der Waals surface area contributed by atoms with Gasteiger partial charge in [0.1, 0.15) is 0 Å². The Morgan fingerprint density at radius 2 is 2.00 bits per heavy atom. The smallest absolute Gasteiger partial charge is 0.0771 e. The molecule has 0 spiro atoms. The van der Waals surface area contributed by atoms with Crippen molar-refractivity contribution in [2.24, 2.45) is 0 Å². The van der Waals surface area contributed by atoms with E-state index >= 15 is 0 Å². The van der Waals surface area contributed by atoms with Crippen molar-refractivity contribution >= 4 is 0 Å². The van der Waals surface area contributed by atoms with Crippen molar-refractivity contribution in [3.63, 3.8) is 0 Å². The summed E-state index contributed by atoms with van der Waals surface area (Å²) in [5, 5.41) is 13.6. The quantitative estimate of drug-likeness (QED) is 0.743. The van der Waals surface area contributed by atoms with Gasteiger partial charge in [-0.3, -0.25) is 0 Å². The molecule has 1 aliphatic carbocycles. The van der Waals surface area contributed by atoms with Crippen molar-refractivity contribution in [1.29, 1.82) is 0 Å². The topological polar surface area (TPSA) is 35.5 Å². The summed E-state index contributed by atoms with van der Waals surface area (Å²) in [6, 6.07) is 0.637. The molecule has 0 aromatic carbocycles. The second kappa shape index (κ2) is 5.48. The Balaban J connectivity index is 1.61. The Hall–Kier alpha value is -0.120. The first kappa shape index (κ1) is 12.3. The third-order valence-electron chi connectivity index (χ3n) is 4.13. The third kappa shape index (κ3) is 3.19. The highest BCUT2D eigenvalue weighted by atomic mass is 16.3. The van der Waals surface area contributed by atoms with E-state index in [4.69, 9.17) is 0 Å². The molecule has 3 heteroatoms. The zero-order valence-corrected chi connectivity index (χ0v) is 10.5. The van der Waals surface area contributed by atoms with Crippen LogP contribution >= 0.6 is 0 Å². The summed E-state index contributed by atoms with van der Waals surface area (Å²) >= 11 is 0. The molecule has 1 saturated carbocycles. The molecule has 2 N–H and O–H groups in total. The van der Waals surface area contributed by atoms with Crippen LogP contribution in [0.25, 0.3) is 0 Å². The van der Waals surface area contributed by atoms with Gasteiger partial charge in [-0.15, -0.1) is 0 Å². The maximum absolute atomic E-state index is 10.0. The number of nitrogens with zero attached hydrogens (tertiary/aromatic N) is 1. The van der Waals surface area contributed by atoms with E-state index in [1.165, 1.54) is 45.3 Å². The molecule has 1 aliphatic heterocycles. The summed E-state index contributed by atoms with van der Waals surface area (Å²) in [4.78, 5) is 2.55. The molecule has 1 saturated heterocycles. The Labute approximate surface area is 99.2 Å². The lowest BCUT2D eigenvalue weighted by atomic mass is 9.80. The molecule has 0 aromatic heterocycles. The van der Waals surface area contributed by atoms with Crippen molar-refractivity contribution in [2.75, 3.05) is 26.2 Å². The Morgan fingerprint density at radius 3 is 2.50 bits per heavy atom. The second-order valence-corrected chi connectivity index (χ2v) is 5.57. The minimum Gasteiger partial charge on any atom is -0.389 e. The van der Waals surface area contributed by atoms with Crippen molar-refractivity contribution < 1.29 is 5.11 Å². The van der Waals surface area contributed by atoms with Crippen LogP contribution in [0.5, 0.6) is 0 Å². The minimum absolute atomic E-state index is 0.361. The molecular formula is C13H26N2O. The van der Waals surface area contributed by atoms with Crippen molar-refractivity contribution in [2.45, 2.75) is 57.1 Å². The van der Waals surface area contributed by atoms with Gasteiger partial charge in [0.05, 0.1) is 5.60 Å². The highest BCUT2D eigenvalue weighted by Crippen LogP contribution is 2.30. The van der Waals surface area contributed by atoms with E-state index < -0.39 is 0 Å². The SMILES string of the molecule is CCCN1CCC(NCC2(O)CCC2)CC1. The fourth-order valence-electron chi connectivity index (χ4n) is 2.77. The van der Waals surface area contributed by atoms with Crippen LogP contribution in [-0.4, -0.2) is 47.8 Å². The maximum atomic E-state index is 10.0. The molecule has 94 valence electrons. The lowest BCUT2D eigenvalue weighted by Crippen LogP contribution is -2.51. The zero-order valence-electron chi connectivity index (χ0n) is 10.5. The third-order valence-corrected chi connectivity index (χ3v) is 4.13. The summed E-state index contributed by atoms with van der Waals surface area (Å²) in [6.07, 6.45) is 6.94. The van der Waals surface area contributed by atoms with Gasteiger partial charge >= 0.3 is 0 Å². The van der Waals surface area contributed by atoms with Crippen LogP contribution < -0.4 is 5.32 Å². The number of rotatable bonds is 5. The highest BCUT2D eigenvalue weighted by molar-refractivity contribution is 4.91. The van der Waals surface area contributed by atoms with Gasteiger partial charge in [0.25, 0.3) is 0 Å². The van der Waals surface area contributed by atoms with Crippen LogP contribution in [0, 0.1) is 0 Å². The second-order valence-electron chi connectivity index (χ2n) is 5.57. The molecule has 16 heavy (non-hydrogen) atoms. The normalized spacial score (nSPS) is 26.6. The average Bonchev–Trinajstić information content (AvgIpc) is 2.26. The van der Waals surface area contributed by atoms with Gasteiger partial charge in [-0.05, 0) is 58.2 Å². The summed E-state index contributed by atoms with van der Waals surface area (Å²) in [5.41, 5.74) is -0.361. The highest BCUT2D eigenvalue weighted by Gasteiger charge is 2.34. The van der Waals surface area contributed by atoms with Crippen LogP contribution in [0.4, 0.5) is 0 Å². The van der Waals surface area contributed by atoms with Gasteiger partial charge in [0, 0.05) is 12.6 Å². The summed E-state index contributed by atoms with van der Waals surface area (Å²) in [6.45, 7) is 6.76. The van der Waals surface area contributed by atoms with Crippen molar-refractivity contribution in [3.05, 3.63) is 0 Å². The van der Waals surface area contributed by atoms with E-state index in [-0.39, 0.29) is 5.60 Å². The Morgan fingerprint density at radius 1 is 1.31 bits per heavy atom. The number of likely N-dealkylation sites (tertiary alicyclic amines) is 1. The zero-order chi connectivity index (χ0) is 11.4. The van der Waals surface area contributed by atoms with Gasteiger partial charge in [0.2, 0.25) is 0 Å². The van der Waals surface area contributed by atoms with Gasteiger partial charge in [-0.1, -0.05) is 6.92 Å². The lowest BCUT2D eigenvalue weighted by molar-refractivity contribution is -0.0345. The van der Waals surface area contributed by atoms with E-state index in [9.17, 15) is 5.11 Å². The largest absolute Gasteiger partial charge is 0.389 e. The minimum atomic E-state index is -0.361. The van der Waals surface area contributed by atoms with Gasteiger partial charge in [-0.25, -0.2) is 0 Å². The van der Waals surface area contributed by atoms with Crippen molar-refractivity contribution in [3.8, 4) is 0 Å². The fourth-order valence-corrected chi connectivity index (χ4v) is 2.77. The van der Waals surface area contributed by atoms with Gasteiger partial charge in [-0.2, -0.15) is 0 Å². The number of hydrogen-bond acceptors (Lipinski definition) is 3. The van der Waals surface area contributed by atoms with E-state index in [0.29, 0.717) is 6.04 Å². The Bertz CT molecular complexity index is 208. The number of nitrogens with one attached hydrogen (secondary N) is 1. The lowest BCUT2D eigenvalue weighted by Gasteiger charge is -2.39. The molecule has 0 unspecified atom stereocenters. The summed E-state index contributed by atoms with van der Waals surface area (Å²) in [7, 11) is 0. The molecule has 0 atom stereocenters. The number of hydrogen-bond donors (Lipinski definition) is 2. The van der Waals surface area contributed by atoms with Crippen LogP contribution in [-0.2, 0) is 0 Å². The number of piperidine rings is 1. The summed E-state index contributed by atoms with van der Waals surface area (Å²) < 4.78 is 0. The molecular weight excluding hydrogens is 200 g/mol. The molecule has 2 aliphatic rings. The predicted octanol–water partition coefficient (Wildman–Crippen LogP) is 1.37. The monoisotopic (exact) mass is 226 g/mol. The average molecular weight is 226 g/mol. The predicted molar refractivity (Wildman–Crippen MR) is 66.6 cm³/mol. The maximum Gasteiger partial charge on any atom is 0.0771 e. The van der Waals surface area contributed by atoms with Crippen LogP contribution in [0.3, 0.4) is 0 Å². The van der Waals surface area contributed by atoms with E-state index in [1.807, 2.05) is 0 Å². The van der Waals surface area contributed by atoms with Gasteiger partial charge in [0.15, 0.2) is 0 Å². The number of aliphatic hydroxyl groups is 1. The molecule has 2 rings (SSSR count). The fraction of sp³-hybridized carbons (Fsp3) is 1.00. The van der Waals surface area contributed by atoms with Crippen LogP contribution in [0.15, 0.2) is 0 Å². The first-order chi connectivity index (χ1) is 7.72. The molecule has 3 nitrogen and oxygen atoms in total. The van der Waals surface area contributed by atoms with Crippen LogP contribution in [0.1, 0.15) is 45.4 Å². The van der Waals surface area contributed by atoms with E-state index in [2.05, 4.69) is 17.1 Å². The standard InChI is InChI=1S/C13H26N2O/c1-2-8-15-9-4-12(5-10-15)14-11-13(16)6-3-7-13/h12,14,16H,2-11H2,1H3. The first-order valence-electron chi connectivity index (χ1n) is 6.90. The first-order valence-corrected chi connectivity index (χ1v) is 6.90. The van der Waals surface area contributed by atoms with Crippen LogP contribution in [0.2, 0.25) is 0 Å². The molecule has 2 fully saturated rings. The molecule has 1 heterocycles. The molecule has 0 bridgehead atoms. The molecule has 0 aromatic rings. The van der Waals surface area contributed by atoms with Gasteiger partial charge < -0.3 is 15.3 Å². The van der Waals surface area contributed by atoms with E-state index in [0.717, 1.165) is 19.4 Å². The molecule has 0 amide bonds. The summed E-state index contributed by atoms with van der Waals surface area (Å²) in [5.74, 6) is 0. The molecule has 0 radical (unpaired) electrons. The Kier molecular flexibility index (Phi) is 4.22. The van der Waals surface area contributed by atoms with E-state index in [1.54, 1.807) is 0 Å².